The Balaban J connectivity index is 1.82. The van der Waals surface area contributed by atoms with Gasteiger partial charge in [-0.05, 0) is 50.7 Å². The number of carbonyl (C=O) groups excluding carboxylic acids is 1. The zero-order chi connectivity index (χ0) is 11.1. The molecule has 3 heteroatoms. The summed E-state index contributed by atoms with van der Waals surface area (Å²) in [6.45, 7) is 2.93. The smallest absolute Gasteiger partial charge is 0.264 e. The van der Waals surface area contributed by atoms with Gasteiger partial charge in [0.05, 0.1) is 4.88 Å². The van der Waals surface area contributed by atoms with Gasteiger partial charge in [0.25, 0.3) is 5.91 Å². The van der Waals surface area contributed by atoms with Crippen LogP contribution in [0.2, 0.25) is 0 Å². The van der Waals surface area contributed by atoms with E-state index in [4.69, 9.17) is 0 Å². The molecule has 3 rings (SSSR count). The van der Waals surface area contributed by atoms with Gasteiger partial charge < -0.3 is 4.90 Å². The molecule has 16 heavy (non-hydrogen) atoms. The van der Waals surface area contributed by atoms with E-state index in [2.05, 4.69) is 13.0 Å². The molecular weight excluding hydrogens is 218 g/mol. The third-order valence-corrected chi connectivity index (χ3v) is 4.77. The first kappa shape index (κ1) is 10.3. The lowest BCUT2D eigenvalue weighted by Gasteiger charge is -2.19. The molecule has 0 atom stereocenters. The van der Waals surface area contributed by atoms with Crippen molar-refractivity contribution in [2.24, 2.45) is 0 Å². The summed E-state index contributed by atoms with van der Waals surface area (Å²) in [5.41, 5.74) is 1.43. The summed E-state index contributed by atoms with van der Waals surface area (Å²) >= 11 is 1.73. The molecular formula is C13H17NOS. The van der Waals surface area contributed by atoms with Gasteiger partial charge in [-0.25, -0.2) is 0 Å². The molecule has 0 aliphatic heterocycles. The average molecular weight is 235 g/mol. The van der Waals surface area contributed by atoms with E-state index < -0.39 is 0 Å². The summed E-state index contributed by atoms with van der Waals surface area (Å²) in [5.74, 6) is 0.268. The number of aryl methyl sites for hydroxylation is 2. The van der Waals surface area contributed by atoms with Gasteiger partial charge in [-0.2, -0.15) is 0 Å². The molecule has 0 N–H and O–H groups in total. The van der Waals surface area contributed by atoms with E-state index >= 15 is 0 Å². The van der Waals surface area contributed by atoms with E-state index in [0.717, 1.165) is 11.4 Å². The van der Waals surface area contributed by atoms with Crippen LogP contribution < -0.4 is 0 Å². The highest BCUT2D eigenvalue weighted by molar-refractivity contribution is 7.14. The Labute approximate surface area is 100 Å². The van der Waals surface area contributed by atoms with Gasteiger partial charge in [0.15, 0.2) is 0 Å². The number of fused-ring (bicyclic) bond motifs is 1. The van der Waals surface area contributed by atoms with E-state index in [-0.39, 0.29) is 5.91 Å². The van der Waals surface area contributed by atoms with Crippen molar-refractivity contribution in [1.82, 2.24) is 4.90 Å². The van der Waals surface area contributed by atoms with Crippen LogP contribution >= 0.6 is 11.3 Å². The molecule has 1 heterocycles. The number of thiophene rings is 1. The van der Waals surface area contributed by atoms with E-state index in [1.165, 1.54) is 42.5 Å². The standard InChI is InChI=1S/C13H17NOS/c1-2-14(10-6-7-10)13(15)12-8-9-4-3-5-11(9)16-12/h8,10H,2-7H2,1H3. The highest BCUT2D eigenvalue weighted by Gasteiger charge is 2.33. The van der Waals surface area contributed by atoms with Crippen LogP contribution in [0.15, 0.2) is 6.07 Å². The highest BCUT2D eigenvalue weighted by atomic mass is 32.1. The Morgan fingerprint density at radius 3 is 2.94 bits per heavy atom. The molecule has 1 amide bonds. The van der Waals surface area contributed by atoms with Crippen molar-refractivity contribution in [3.8, 4) is 0 Å². The molecule has 2 aliphatic carbocycles. The number of amides is 1. The average Bonchev–Trinajstić information content (AvgIpc) is 2.87. The summed E-state index contributed by atoms with van der Waals surface area (Å²) in [6, 6.07) is 2.68. The monoisotopic (exact) mass is 235 g/mol. The van der Waals surface area contributed by atoms with Crippen LogP contribution in [-0.2, 0) is 12.8 Å². The van der Waals surface area contributed by atoms with Crippen LogP contribution in [-0.4, -0.2) is 23.4 Å². The quantitative estimate of drug-likeness (QED) is 0.789. The molecule has 0 unspecified atom stereocenters. The van der Waals surface area contributed by atoms with Gasteiger partial charge >= 0.3 is 0 Å². The minimum absolute atomic E-state index is 0.268. The maximum Gasteiger partial charge on any atom is 0.264 e. The third-order valence-electron chi connectivity index (χ3n) is 3.55. The van der Waals surface area contributed by atoms with Gasteiger partial charge in [0, 0.05) is 17.5 Å². The molecule has 0 radical (unpaired) electrons. The summed E-state index contributed by atoms with van der Waals surface area (Å²) in [5, 5.41) is 0. The van der Waals surface area contributed by atoms with Gasteiger partial charge in [-0.3, -0.25) is 4.79 Å². The predicted molar refractivity (Wildman–Crippen MR) is 66.1 cm³/mol. The van der Waals surface area contributed by atoms with E-state index in [9.17, 15) is 4.79 Å². The van der Waals surface area contributed by atoms with Crippen LogP contribution in [0.5, 0.6) is 0 Å². The van der Waals surface area contributed by atoms with E-state index in [0.29, 0.717) is 6.04 Å². The maximum absolute atomic E-state index is 12.3. The lowest BCUT2D eigenvalue weighted by molar-refractivity contribution is 0.0757. The molecule has 1 fully saturated rings. The molecule has 0 spiro atoms. The first-order valence-electron chi connectivity index (χ1n) is 6.22. The molecule has 1 aromatic rings. The fraction of sp³-hybridized carbons (Fsp3) is 0.615. The van der Waals surface area contributed by atoms with Crippen molar-refractivity contribution >= 4 is 17.2 Å². The fourth-order valence-electron chi connectivity index (χ4n) is 2.53. The topological polar surface area (TPSA) is 20.3 Å². The number of hydrogen-bond donors (Lipinski definition) is 0. The Kier molecular flexibility index (Phi) is 2.51. The van der Waals surface area contributed by atoms with Crippen molar-refractivity contribution in [1.29, 1.82) is 0 Å². The van der Waals surface area contributed by atoms with Crippen molar-refractivity contribution in [3.05, 3.63) is 21.4 Å². The number of rotatable bonds is 3. The largest absolute Gasteiger partial charge is 0.335 e. The second-order valence-electron chi connectivity index (χ2n) is 4.73. The SMILES string of the molecule is CCN(C(=O)c1cc2c(s1)CCC2)C1CC1. The van der Waals surface area contributed by atoms with Gasteiger partial charge in [0.2, 0.25) is 0 Å². The van der Waals surface area contributed by atoms with Crippen molar-refractivity contribution < 1.29 is 4.79 Å². The van der Waals surface area contributed by atoms with Gasteiger partial charge in [-0.1, -0.05) is 0 Å². The lowest BCUT2D eigenvalue weighted by atomic mass is 10.2. The van der Waals surface area contributed by atoms with Crippen LogP contribution in [0.25, 0.3) is 0 Å². The molecule has 1 aromatic heterocycles. The van der Waals surface area contributed by atoms with Gasteiger partial charge in [0.1, 0.15) is 0 Å². The summed E-state index contributed by atoms with van der Waals surface area (Å²) in [4.78, 5) is 16.8. The van der Waals surface area contributed by atoms with E-state index in [1.54, 1.807) is 11.3 Å². The first-order valence-corrected chi connectivity index (χ1v) is 7.03. The zero-order valence-electron chi connectivity index (χ0n) is 9.66. The molecule has 2 nitrogen and oxygen atoms in total. The van der Waals surface area contributed by atoms with Crippen LogP contribution in [0.1, 0.15) is 46.3 Å². The van der Waals surface area contributed by atoms with Crippen LogP contribution in [0, 0.1) is 0 Å². The van der Waals surface area contributed by atoms with Crippen molar-refractivity contribution in [2.45, 2.75) is 45.1 Å². The fourth-order valence-corrected chi connectivity index (χ4v) is 3.74. The number of carbonyl (C=O) groups is 1. The number of nitrogens with zero attached hydrogens (tertiary/aromatic N) is 1. The molecule has 0 saturated heterocycles. The lowest BCUT2D eigenvalue weighted by Crippen LogP contribution is -2.32. The van der Waals surface area contributed by atoms with Gasteiger partial charge in [-0.15, -0.1) is 11.3 Å². The second-order valence-corrected chi connectivity index (χ2v) is 5.87. The Bertz CT molecular complexity index is 398. The van der Waals surface area contributed by atoms with Crippen LogP contribution in [0.4, 0.5) is 0 Å². The minimum Gasteiger partial charge on any atom is -0.335 e. The van der Waals surface area contributed by atoms with Crippen molar-refractivity contribution in [2.75, 3.05) is 6.54 Å². The first-order chi connectivity index (χ1) is 7.79. The zero-order valence-corrected chi connectivity index (χ0v) is 10.5. The Morgan fingerprint density at radius 1 is 1.50 bits per heavy atom. The summed E-state index contributed by atoms with van der Waals surface area (Å²) in [7, 11) is 0. The highest BCUT2D eigenvalue weighted by Crippen LogP contribution is 2.33. The van der Waals surface area contributed by atoms with Crippen molar-refractivity contribution in [3.63, 3.8) is 0 Å². The molecule has 2 aliphatic rings. The minimum atomic E-state index is 0.268. The molecule has 0 aromatic carbocycles. The normalized spacial score (nSPS) is 18.6. The summed E-state index contributed by atoms with van der Waals surface area (Å²) < 4.78 is 0. The molecule has 0 bridgehead atoms. The summed E-state index contributed by atoms with van der Waals surface area (Å²) in [6.07, 6.45) is 6.03. The molecule has 1 saturated carbocycles. The number of hydrogen-bond acceptors (Lipinski definition) is 2. The Morgan fingerprint density at radius 2 is 2.31 bits per heavy atom. The predicted octanol–water partition coefficient (Wildman–Crippen LogP) is 2.86. The molecule has 86 valence electrons. The van der Waals surface area contributed by atoms with E-state index in [1.807, 2.05) is 4.90 Å². The second kappa shape index (κ2) is 3.88. The maximum atomic E-state index is 12.3. The third kappa shape index (κ3) is 1.67. The van der Waals surface area contributed by atoms with Crippen LogP contribution in [0.3, 0.4) is 0 Å². The Hall–Kier alpha value is -0.830.